The molecule has 2 atom stereocenters. The van der Waals surface area contributed by atoms with E-state index < -0.39 is 12.3 Å². The molecular formula is C16H22ClFN4O3. The summed E-state index contributed by atoms with van der Waals surface area (Å²) >= 11 is 5.97. The summed E-state index contributed by atoms with van der Waals surface area (Å²) in [4.78, 5) is 26.2. The first-order valence-corrected chi connectivity index (χ1v) is 8.84. The molecule has 25 heavy (non-hydrogen) atoms. The third-order valence-corrected chi connectivity index (χ3v) is 5.33. The summed E-state index contributed by atoms with van der Waals surface area (Å²) < 4.78 is 14.8. The Hall–Kier alpha value is -1.67. The van der Waals surface area contributed by atoms with Crippen molar-refractivity contribution in [1.29, 1.82) is 0 Å². The predicted octanol–water partition coefficient (Wildman–Crippen LogP) is 0.903. The number of halogens is 2. The van der Waals surface area contributed by atoms with Crippen LogP contribution in [0.4, 0.5) is 4.39 Å². The van der Waals surface area contributed by atoms with Crippen LogP contribution in [0, 0.1) is 5.92 Å². The summed E-state index contributed by atoms with van der Waals surface area (Å²) in [6.07, 6.45) is 1.60. The molecule has 1 aromatic heterocycles. The highest BCUT2D eigenvalue weighted by molar-refractivity contribution is 6.33. The SMILES string of the molecule is Cn1ncc(Cl)c1C(=O)NC1CCC(C(=O)N2C[C@@H](O)[C@H](F)C2)CC1. The standard InChI is InChI=1S/C16H22ClFN4O3/c1-21-14(11(17)6-19-21)15(24)20-10-4-2-9(3-5-10)16(25)22-7-12(18)13(23)8-22/h6,9-10,12-13,23H,2-5,7-8H2,1H3,(H,20,24)/t9?,10?,12-,13-/m1/s1. The summed E-state index contributed by atoms with van der Waals surface area (Å²) in [6, 6.07) is -0.0272. The molecule has 3 rings (SSSR count). The molecule has 1 saturated heterocycles. The number of carbonyl (C=O) groups excluding carboxylic acids is 2. The number of aliphatic hydroxyl groups is 1. The Morgan fingerprint density at radius 3 is 2.52 bits per heavy atom. The zero-order valence-electron chi connectivity index (χ0n) is 14.0. The fourth-order valence-corrected chi connectivity index (χ4v) is 3.84. The molecule has 1 aliphatic heterocycles. The van der Waals surface area contributed by atoms with Gasteiger partial charge in [-0.25, -0.2) is 4.39 Å². The number of hydrogen-bond donors (Lipinski definition) is 2. The van der Waals surface area contributed by atoms with Crippen LogP contribution in [0.25, 0.3) is 0 Å². The topological polar surface area (TPSA) is 87.5 Å². The molecule has 0 radical (unpaired) electrons. The van der Waals surface area contributed by atoms with Crippen LogP contribution in [0.3, 0.4) is 0 Å². The van der Waals surface area contributed by atoms with Crippen LogP contribution in [0.15, 0.2) is 6.20 Å². The van der Waals surface area contributed by atoms with Crippen molar-refractivity contribution in [2.24, 2.45) is 13.0 Å². The molecule has 1 aromatic rings. The number of amides is 2. The summed E-state index contributed by atoms with van der Waals surface area (Å²) in [5.41, 5.74) is 0.319. The van der Waals surface area contributed by atoms with Gasteiger partial charge >= 0.3 is 0 Å². The largest absolute Gasteiger partial charge is 0.388 e. The fraction of sp³-hybridized carbons (Fsp3) is 0.688. The highest BCUT2D eigenvalue weighted by atomic mass is 35.5. The van der Waals surface area contributed by atoms with Crippen molar-refractivity contribution in [2.45, 2.75) is 44.0 Å². The number of rotatable bonds is 3. The Morgan fingerprint density at radius 2 is 2.00 bits per heavy atom. The second-order valence-electron chi connectivity index (χ2n) is 6.81. The normalized spacial score (nSPS) is 29.7. The molecule has 2 heterocycles. The molecule has 7 nitrogen and oxygen atoms in total. The minimum Gasteiger partial charge on any atom is -0.388 e. The summed E-state index contributed by atoms with van der Waals surface area (Å²) in [6.45, 7) is 0.0330. The molecule has 0 spiro atoms. The van der Waals surface area contributed by atoms with Crippen molar-refractivity contribution in [2.75, 3.05) is 13.1 Å². The number of nitrogens with one attached hydrogen (secondary N) is 1. The molecule has 138 valence electrons. The van der Waals surface area contributed by atoms with E-state index in [1.165, 1.54) is 15.8 Å². The summed E-state index contributed by atoms with van der Waals surface area (Å²) in [5, 5.41) is 16.6. The van der Waals surface area contributed by atoms with E-state index in [2.05, 4.69) is 10.4 Å². The number of alkyl halides is 1. The molecule has 2 aliphatic rings. The lowest BCUT2D eigenvalue weighted by molar-refractivity contribution is -0.136. The molecule has 0 bridgehead atoms. The van der Waals surface area contributed by atoms with E-state index in [1.807, 2.05) is 0 Å². The Kier molecular flexibility index (Phi) is 5.29. The molecule has 1 aliphatic carbocycles. The second-order valence-corrected chi connectivity index (χ2v) is 7.22. The Balaban J connectivity index is 1.50. The van der Waals surface area contributed by atoms with Gasteiger partial charge in [0.25, 0.3) is 5.91 Å². The van der Waals surface area contributed by atoms with Crippen molar-refractivity contribution >= 4 is 23.4 Å². The first-order valence-electron chi connectivity index (χ1n) is 8.46. The van der Waals surface area contributed by atoms with Crippen LogP contribution in [0.5, 0.6) is 0 Å². The third kappa shape index (κ3) is 3.79. The van der Waals surface area contributed by atoms with Crippen molar-refractivity contribution in [3.8, 4) is 0 Å². The molecule has 0 aromatic carbocycles. The minimum absolute atomic E-state index is 0.0272. The predicted molar refractivity (Wildman–Crippen MR) is 88.9 cm³/mol. The number of hydrogen-bond acceptors (Lipinski definition) is 4. The molecule has 2 fully saturated rings. The van der Waals surface area contributed by atoms with Gasteiger partial charge in [-0.15, -0.1) is 0 Å². The molecule has 0 unspecified atom stereocenters. The molecule has 2 amide bonds. The fourth-order valence-electron chi connectivity index (χ4n) is 3.59. The number of aliphatic hydroxyl groups excluding tert-OH is 1. The van der Waals surface area contributed by atoms with Gasteiger partial charge in [0.2, 0.25) is 5.91 Å². The number of β-amino-alcohol motifs (C(OH)–C–C–N with tert-alkyl or cyclic N) is 1. The van der Waals surface area contributed by atoms with E-state index in [0.717, 1.165) is 0 Å². The van der Waals surface area contributed by atoms with Crippen molar-refractivity contribution in [3.63, 3.8) is 0 Å². The number of carbonyl (C=O) groups is 2. The smallest absolute Gasteiger partial charge is 0.271 e. The van der Waals surface area contributed by atoms with E-state index in [0.29, 0.717) is 36.4 Å². The van der Waals surface area contributed by atoms with Gasteiger partial charge in [0.1, 0.15) is 18.0 Å². The number of nitrogens with zero attached hydrogens (tertiary/aromatic N) is 3. The van der Waals surface area contributed by atoms with E-state index >= 15 is 0 Å². The van der Waals surface area contributed by atoms with Gasteiger partial charge in [-0.2, -0.15) is 5.10 Å². The van der Waals surface area contributed by atoms with Crippen LogP contribution >= 0.6 is 11.6 Å². The lowest BCUT2D eigenvalue weighted by Crippen LogP contribution is -2.42. The van der Waals surface area contributed by atoms with E-state index in [-0.39, 0.29) is 36.9 Å². The average molecular weight is 373 g/mol. The molecule has 1 saturated carbocycles. The second kappa shape index (κ2) is 7.29. The van der Waals surface area contributed by atoms with Gasteiger partial charge in [-0.1, -0.05) is 11.6 Å². The van der Waals surface area contributed by atoms with E-state index in [4.69, 9.17) is 11.6 Å². The maximum atomic E-state index is 13.4. The first kappa shape index (κ1) is 18.1. The monoisotopic (exact) mass is 372 g/mol. The number of likely N-dealkylation sites (tertiary alicyclic amines) is 1. The zero-order valence-corrected chi connectivity index (χ0v) is 14.7. The lowest BCUT2D eigenvalue weighted by atomic mass is 9.85. The maximum Gasteiger partial charge on any atom is 0.271 e. The molecular weight excluding hydrogens is 351 g/mol. The van der Waals surface area contributed by atoms with Crippen LogP contribution < -0.4 is 5.32 Å². The quantitative estimate of drug-likeness (QED) is 0.825. The van der Waals surface area contributed by atoms with Crippen molar-refractivity contribution < 1.29 is 19.1 Å². The highest BCUT2D eigenvalue weighted by Gasteiger charge is 2.38. The first-order chi connectivity index (χ1) is 11.9. The van der Waals surface area contributed by atoms with Crippen LogP contribution in [0.1, 0.15) is 36.2 Å². The molecule has 2 N–H and O–H groups in total. The van der Waals surface area contributed by atoms with Gasteiger partial charge in [0.05, 0.1) is 17.8 Å². The van der Waals surface area contributed by atoms with Crippen molar-refractivity contribution in [1.82, 2.24) is 20.0 Å². The van der Waals surface area contributed by atoms with Gasteiger partial charge in [-0.3, -0.25) is 14.3 Å². The van der Waals surface area contributed by atoms with Gasteiger partial charge in [-0.05, 0) is 25.7 Å². The highest BCUT2D eigenvalue weighted by Crippen LogP contribution is 2.28. The summed E-state index contributed by atoms with van der Waals surface area (Å²) in [5.74, 6) is -0.549. The Labute approximate surface area is 150 Å². The van der Waals surface area contributed by atoms with E-state index in [9.17, 15) is 19.1 Å². The average Bonchev–Trinajstić information content (AvgIpc) is 3.09. The number of aryl methyl sites for hydroxylation is 1. The van der Waals surface area contributed by atoms with Gasteiger partial charge in [0.15, 0.2) is 0 Å². The van der Waals surface area contributed by atoms with Gasteiger partial charge in [0, 0.05) is 25.6 Å². The minimum atomic E-state index is -1.36. The van der Waals surface area contributed by atoms with E-state index in [1.54, 1.807) is 7.05 Å². The van der Waals surface area contributed by atoms with Crippen LogP contribution in [-0.4, -0.2) is 63.0 Å². The zero-order chi connectivity index (χ0) is 18.1. The van der Waals surface area contributed by atoms with Crippen LogP contribution in [-0.2, 0) is 11.8 Å². The number of aromatic nitrogens is 2. The maximum absolute atomic E-state index is 13.4. The van der Waals surface area contributed by atoms with Crippen LogP contribution in [0.2, 0.25) is 5.02 Å². The third-order valence-electron chi connectivity index (χ3n) is 5.05. The Bertz CT molecular complexity index is 630. The Morgan fingerprint density at radius 1 is 1.32 bits per heavy atom. The van der Waals surface area contributed by atoms with Gasteiger partial charge < -0.3 is 15.3 Å². The summed E-state index contributed by atoms with van der Waals surface area (Å²) in [7, 11) is 1.65. The lowest BCUT2D eigenvalue weighted by Gasteiger charge is -2.30. The van der Waals surface area contributed by atoms with Crippen molar-refractivity contribution in [3.05, 3.63) is 16.9 Å². The molecule has 9 heteroatoms.